The number of hydrogen-bond donors (Lipinski definition) is 1. The van der Waals surface area contributed by atoms with Crippen LogP contribution in [0.3, 0.4) is 0 Å². The number of thiazole rings is 1. The Morgan fingerprint density at radius 1 is 1.65 bits per heavy atom. The highest BCUT2D eigenvalue weighted by molar-refractivity contribution is 7.09. The minimum absolute atomic E-state index is 0.0421. The lowest BCUT2D eigenvalue weighted by atomic mass is 10.2. The summed E-state index contributed by atoms with van der Waals surface area (Å²) in [5.41, 5.74) is 1.04. The van der Waals surface area contributed by atoms with Gasteiger partial charge in [0.15, 0.2) is 5.96 Å². The molecule has 0 aromatic carbocycles. The molecule has 0 radical (unpaired) electrons. The number of nitrogens with one attached hydrogen (secondary N) is 1. The fraction of sp³-hybridized carbons (Fsp3) is 0.750. The largest absolute Gasteiger partial charge is 0.376 e. The van der Waals surface area contributed by atoms with E-state index in [4.69, 9.17) is 14.5 Å². The maximum atomic E-state index is 5.64. The first-order valence-corrected chi connectivity index (χ1v) is 9.10. The second kappa shape index (κ2) is 9.20. The molecule has 2 heterocycles. The minimum atomic E-state index is 0.0421. The fourth-order valence-corrected chi connectivity index (χ4v) is 3.29. The van der Waals surface area contributed by atoms with Crippen LogP contribution in [0.25, 0.3) is 0 Å². The van der Waals surface area contributed by atoms with Gasteiger partial charge in [0.05, 0.1) is 24.9 Å². The van der Waals surface area contributed by atoms with Gasteiger partial charge < -0.3 is 19.7 Å². The van der Waals surface area contributed by atoms with Crippen molar-refractivity contribution in [1.29, 1.82) is 0 Å². The van der Waals surface area contributed by atoms with Crippen molar-refractivity contribution in [2.45, 2.75) is 45.4 Å². The summed E-state index contributed by atoms with van der Waals surface area (Å²) < 4.78 is 11.0. The molecule has 1 aromatic heterocycles. The maximum absolute atomic E-state index is 5.64. The molecule has 0 saturated carbocycles. The molecule has 6 nitrogen and oxygen atoms in total. The van der Waals surface area contributed by atoms with Crippen molar-refractivity contribution >= 4 is 17.3 Å². The van der Waals surface area contributed by atoms with E-state index in [1.54, 1.807) is 18.4 Å². The average molecular weight is 340 g/mol. The van der Waals surface area contributed by atoms with Gasteiger partial charge in [0.25, 0.3) is 0 Å². The Morgan fingerprint density at radius 3 is 3.13 bits per heavy atom. The van der Waals surface area contributed by atoms with E-state index in [1.165, 1.54) is 0 Å². The van der Waals surface area contributed by atoms with Crippen molar-refractivity contribution in [2.75, 3.05) is 33.9 Å². The second-order valence-electron chi connectivity index (χ2n) is 5.74. The van der Waals surface area contributed by atoms with Crippen LogP contribution < -0.4 is 5.32 Å². The number of guanidine groups is 1. The molecule has 130 valence electrons. The second-order valence-corrected chi connectivity index (χ2v) is 6.63. The van der Waals surface area contributed by atoms with Crippen LogP contribution in [-0.4, -0.2) is 55.8 Å². The van der Waals surface area contributed by atoms with Crippen LogP contribution in [0.4, 0.5) is 0 Å². The van der Waals surface area contributed by atoms with Crippen molar-refractivity contribution < 1.29 is 9.47 Å². The first-order chi connectivity index (χ1) is 11.1. The van der Waals surface area contributed by atoms with Gasteiger partial charge >= 0.3 is 0 Å². The van der Waals surface area contributed by atoms with Crippen LogP contribution in [0.15, 0.2) is 10.4 Å². The third-order valence-corrected chi connectivity index (χ3v) is 4.89. The lowest BCUT2D eigenvalue weighted by Crippen LogP contribution is -2.39. The number of aliphatic imine (C=N–C) groups is 1. The van der Waals surface area contributed by atoms with Crippen molar-refractivity contribution in [3.8, 4) is 0 Å². The summed E-state index contributed by atoms with van der Waals surface area (Å²) in [5, 5.41) is 6.44. The van der Waals surface area contributed by atoms with Crippen LogP contribution in [0.2, 0.25) is 0 Å². The van der Waals surface area contributed by atoms with Gasteiger partial charge in [-0.05, 0) is 26.7 Å². The van der Waals surface area contributed by atoms with E-state index >= 15 is 0 Å². The van der Waals surface area contributed by atoms with Crippen LogP contribution in [-0.2, 0) is 16.0 Å². The maximum Gasteiger partial charge on any atom is 0.194 e. The van der Waals surface area contributed by atoms with Crippen LogP contribution >= 0.6 is 11.3 Å². The monoisotopic (exact) mass is 340 g/mol. The van der Waals surface area contributed by atoms with E-state index in [9.17, 15) is 0 Å². The van der Waals surface area contributed by atoms with Gasteiger partial charge in [0.1, 0.15) is 11.1 Å². The third kappa shape index (κ3) is 5.44. The first kappa shape index (κ1) is 18.2. The summed E-state index contributed by atoms with van der Waals surface area (Å²) in [6, 6.07) is 0. The van der Waals surface area contributed by atoms with Crippen molar-refractivity contribution in [3.05, 3.63) is 16.1 Å². The van der Waals surface area contributed by atoms with Gasteiger partial charge in [-0.1, -0.05) is 0 Å². The zero-order valence-electron chi connectivity index (χ0n) is 14.5. The number of ether oxygens (including phenoxy) is 2. The zero-order chi connectivity index (χ0) is 16.7. The van der Waals surface area contributed by atoms with Gasteiger partial charge in [-0.2, -0.15) is 0 Å². The number of hydrogen-bond acceptors (Lipinski definition) is 5. The lowest BCUT2D eigenvalue weighted by molar-refractivity contribution is 0.117. The molecule has 0 spiro atoms. The van der Waals surface area contributed by atoms with E-state index in [0.29, 0.717) is 0 Å². The van der Waals surface area contributed by atoms with Crippen LogP contribution in [0.5, 0.6) is 0 Å². The minimum Gasteiger partial charge on any atom is -0.376 e. The Kier molecular flexibility index (Phi) is 7.26. The molecule has 1 aliphatic rings. The molecule has 1 fully saturated rings. The van der Waals surface area contributed by atoms with Gasteiger partial charge in [-0.25, -0.2) is 4.98 Å². The smallest absolute Gasteiger partial charge is 0.194 e. The Balaban J connectivity index is 1.95. The Hall–Kier alpha value is -1.18. The SMILES string of the molecule is CCNC(=NCC1CCCO1)N(C)Cc1csc(C(C)OC)n1. The Morgan fingerprint density at radius 2 is 2.48 bits per heavy atom. The topological polar surface area (TPSA) is 59.0 Å². The fourth-order valence-electron chi connectivity index (χ4n) is 2.45. The molecule has 1 aliphatic heterocycles. The van der Waals surface area contributed by atoms with Gasteiger partial charge in [0.2, 0.25) is 0 Å². The molecule has 0 amide bonds. The zero-order valence-corrected chi connectivity index (χ0v) is 15.4. The highest BCUT2D eigenvalue weighted by atomic mass is 32.1. The first-order valence-electron chi connectivity index (χ1n) is 8.22. The Bertz CT molecular complexity index is 500. The van der Waals surface area contributed by atoms with Crippen LogP contribution in [0.1, 0.15) is 43.5 Å². The summed E-state index contributed by atoms with van der Waals surface area (Å²) >= 11 is 1.64. The third-order valence-electron chi connectivity index (χ3n) is 3.84. The van der Waals surface area contributed by atoms with E-state index in [1.807, 2.05) is 14.0 Å². The summed E-state index contributed by atoms with van der Waals surface area (Å²) in [7, 11) is 3.74. The van der Waals surface area contributed by atoms with E-state index in [0.717, 1.165) is 55.7 Å². The molecule has 2 atom stereocenters. The molecule has 7 heteroatoms. The molecular weight excluding hydrogens is 312 g/mol. The number of rotatable bonds is 7. The highest BCUT2D eigenvalue weighted by Gasteiger charge is 2.16. The lowest BCUT2D eigenvalue weighted by Gasteiger charge is -2.21. The van der Waals surface area contributed by atoms with Gasteiger partial charge in [-0.15, -0.1) is 11.3 Å². The van der Waals surface area contributed by atoms with Crippen LogP contribution in [0, 0.1) is 0 Å². The molecule has 2 rings (SSSR count). The average Bonchev–Trinajstić information content (AvgIpc) is 3.22. The Labute approximate surface area is 142 Å². The predicted octanol–water partition coefficient (Wildman–Crippen LogP) is 2.43. The van der Waals surface area contributed by atoms with E-state index in [2.05, 4.69) is 27.5 Å². The summed E-state index contributed by atoms with van der Waals surface area (Å²) in [6.45, 7) is 7.25. The quantitative estimate of drug-likeness (QED) is 0.610. The van der Waals surface area contributed by atoms with Crippen molar-refractivity contribution in [3.63, 3.8) is 0 Å². The molecule has 1 aromatic rings. The predicted molar refractivity (Wildman–Crippen MR) is 94.0 cm³/mol. The standard InChI is InChI=1S/C16H28N4O2S/c1-5-17-16(18-9-14-7-6-8-22-14)20(3)10-13-11-23-15(19-13)12(2)21-4/h11-12,14H,5-10H2,1-4H3,(H,17,18). The molecular formula is C16H28N4O2S. The van der Waals surface area contributed by atoms with Crippen molar-refractivity contribution in [2.24, 2.45) is 4.99 Å². The molecule has 0 aliphatic carbocycles. The highest BCUT2D eigenvalue weighted by Crippen LogP contribution is 2.21. The molecule has 2 unspecified atom stereocenters. The summed E-state index contributed by atoms with van der Waals surface area (Å²) in [5.74, 6) is 0.900. The molecule has 23 heavy (non-hydrogen) atoms. The number of nitrogens with zero attached hydrogens (tertiary/aromatic N) is 3. The van der Waals surface area contributed by atoms with E-state index < -0.39 is 0 Å². The number of aromatic nitrogens is 1. The normalized spacial score (nSPS) is 19.8. The number of methoxy groups -OCH3 is 1. The summed E-state index contributed by atoms with van der Waals surface area (Å²) in [6.07, 6.45) is 2.56. The molecule has 1 saturated heterocycles. The molecule has 1 N–H and O–H groups in total. The van der Waals surface area contributed by atoms with E-state index in [-0.39, 0.29) is 12.2 Å². The van der Waals surface area contributed by atoms with Gasteiger partial charge in [0, 0.05) is 32.7 Å². The summed E-state index contributed by atoms with van der Waals surface area (Å²) in [4.78, 5) is 11.5. The van der Waals surface area contributed by atoms with Crippen molar-refractivity contribution in [1.82, 2.24) is 15.2 Å². The molecule has 0 bridgehead atoms. The van der Waals surface area contributed by atoms with Gasteiger partial charge in [-0.3, -0.25) is 4.99 Å².